The molecule has 40 heavy (non-hydrogen) atoms. The number of nitrogens with one attached hydrogen (secondary N) is 1. The minimum absolute atomic E-state index is 0.0654. The van der Waals surface area contributed by atoms with E-state index in [0.29, 0.717) is 12.0 Å². The maximum atomic E-state index is 14.6. The van der Waals surface area contributed by atoms with Crippen LogP contribution in [-0.2, 0) is 9.47 Å². The van der Waals surface area contributed by atoms with Crippen LogP contribution >= 0.6 is 15.9 Å². The van der Waals surface area contributed by atoms with Crippen LogP contribution in [0.2, 0.25) is 0 Å². The minimum Gasteiger partial charge on any atom is -0.453 e. The molecule has 3 N–H and O–H groups in total. The predicted molar refractivity (Wildman–Crippen MR) is 155 cm³/mol. The van der Waals surface area contributed by atoms with Gasteiger partial charge in [0, 0.05) is 12.1 Å². The summed E-state index contributed by atoms with van der Waals surface area (Å²) in [5.74, 6) is -0.749. The van der Waals surface area contributed by atoms with Gasteiger partial charge in [0.05, 0.1) is 13.7 Å². The lowest BCUT2D eigenvalue weighted by Crippen LogP contribution is -2.51. The van der Waals surface area contributed by atoms with Gasteiger partial charge in [0.2, 0.25) is 5.91 Å². The zero-order valence-electron chi connectivity index (χ0n) is 23.5. The van der Waals surface area contributed by atoms with E-state index in [9.17, 15) is 22.8 Å². The number of primary amides is 1. The van der Waals surface area contributed by atoms with E-state index < -0.39 is 28.6 Å². The number of halogens is 4. The minimum atomic E-state index is -4.72. The number of allylic oxidation sites excluding steroid dienone is 2. The van der Waals surface area contributed by atoms with Gasteiger partial charge in [-0.2, -0.15) is 13.2 Å². The van der Waals surface area contributed by atoms with Gasteiger partial charge >= 0.3 is 12.3 Å². The molecule has 1 aliphatic rings. The second kappa shape index (κ2) is 16.8. The third-order valence-electron chi connectivity index (χ3n) is 7.00. The summed E-state index contributed by atoms with van der Waals surface area (Å²) in [5, 5.41) is 2.40. The van der Waals surface area contributed by atoms with Crippen molar-refractivity contribution in [3.63, 3.8) is 0 Å². The molecule has 1 aromatic rings. The van der Waals surface area contributed by atoms with E-state index in [1.54, 1.807) is 24.3 Å². The molecule has 224 valence electrons. The average molecular weight is 632 g/mol. The number of hydrogen-bond donors (Lipinski definition) is 2. The van der Waals surface area contributed by atoms with Crippen LogP contribution in [0, 0.1) is 0 Å². The van der Waals surface area contributed by atoms with Gasteiger partial charge in [-0.25, -0.2) is 4.79 Å². The predicted octanol–water partition coefficient (Wildman–Crippen LogP) is 7.86. The van der Waals surface area contributed by atoms with Gasteiger partial charge in [-0.05, 0) is 35.6 Å². The van der Waals surface area contributed by atoms with E-state index >= 15 is 0 Å². The Hall–Kier alpha value is -2.33. The quantitative estimate of drug-likeness (QED) is 0.135. The van der Waals surface area contributed by atoms with E-state index in [0.717, 1.165) is 25.7 Å². The first-order chi connectivity index (χ1) is 19.0. The summed E-state index contributed by atoms with van der Waals surface area (Å²) in [6.45, 7) is 1.91. The number of alkyl halides is 4. The number of carbonyl (C=O) groups excluding carboxylic acids is 2. The number of benzene rings is 1. The van der Waals surface area contributed by atoms with Crippen molar-refractivity contribution < 1.29 is 32.2 Å². The van der Waals surface area contributed by atoms with Crippen molar-refractivity contribution in [2.24, 2.45) is 5.73 Å². The molecule has 2 amide bonds. The maximum absolute atomic E-state index is 14.6. The monoisotopic (exact) mass is 630 g/mol. The molecule has 2 unspecified atom stereocenters. The first-order valence-electron chi connectivity index (χ1n) is 14.1. The van der Waals surface area contributed by atoms with Gasteiger partial charge in [0.25, 0.3) is 0 Å². The molecule has 2 rings (SSSR count). The summed E-state index contributed by atoms with van der Waals surface area (Å²) in [7, 11) is 1.19. The summed E-state index contributed by atoms with van der Waals surface area (Å²) in [6.07, 6.45) is 7.61. The van der Waals surface area contributed by atoms with Gasteiger partial charge in [0.15, 0.2) is 4.32 Å². The van der Waals surface area contributed by atoms with Crippen molar-refractivity contribution in [2.75, 3.05) is 20.3 Å². The third kappa shape index (κ3) is 9.94. The van der Waals surface area contributed by atoms with E-state index in [2.05, 4.69) is 32.9 Å². The molecule has 10 heteroatoms. The number of carbonyl (C=O) groups is 2. The number of unbranched alkanes of at least 4 members (excludes halogenated alkanes) is 9. The largest absolute Gasteiger partial charge is 0.453 e. The van der Waals surface area contributed by atoms with Crippen LogP contribution in [0.25, 0.3) is 5.57 Å². The highest BCUT2D eigenvalue weighted by atomic mass is 79.9. The summed E-state index contributed by atoms with van der Waals surface area (Å²) in [6, 6.07) is 6.30. The van der Waals surface area contributed by atoms with Crippen molar-refractivity contribution in [1.82, 2.24) is 5.32 Å². The molecule has 2 atom stereocenters. The van der Waals surface area contributed by atoms with Gasteiger partial charge in [0.1, 0.15) is 6.10 Å². The fourth-order valence-electron chi connectivity index (χ4n) is 4.86. The Balaban J connectivity index is 2.23. The number of methoxy groups -OCH3 is 1. The van der Waals surface area contributed by atoms with Crippen LogP contribution in [0.3, 0.4) is 0 Å². The van der Waals surface area contributed by atoms with Crippen LogP contribution < -0.4 is 11.1 Å². The summed E-state index contributed by atoms with van der Waals surface area (Å²) in [4.78, 5) is 23.6. The normalized spacial score (nSPS) is 19.1. The Morgan fingerprint density at radius 1 is 1.02 bits per heavy atom. The average Bonchev–Trinajstić information content (AvgIpc) is 2.91. The second-order valence-electron chi connectivity index (χ2n) is 10.1. The van der Waals surface area contributed by atoms with Crippen molar-refractivity contribution in [3.05, 3.63) is 53.1 Å². The lowest BCUT2D eigenvalue weighted by atomic mass is 9.80. The fourth-order valence-corrected chi connectivity index (χ4v) is 5.53. The molecular weight excluding hydrogens is 589 g/mol. The molecule has 6 nitrogen and oxygen atoms in total. The standard InChI is InChI=1S/C30H42BrF3N2O4/c1-3-4-5-6-7-8-9-10-11-12-15-22-20-25(23-16-13-14-17-24(23)27(35)37)26(29(31,21-22)30(32,33)34)40-19-18-36-28(38)39-2/h13-14,16-17,20-21,26H,3-12,15,18-19H2,1-2H3,(H2,35,37)(H,36,38). The molecule has 0 aliphatic heterocycles. The van der Waals surface area contributed by atoms with E-state index in [1.165, 1.54) is 57.8 Å². The Kier molecular flexibility index (Phi) is 14.2. The number of hydrogen-bond acceptors (Lipinski definition) is 4. The number of amides is 2. The summed E-state index contributed by atoms with van der Waals surface area (Å²) < 4.78 is 51.7. The molecule has 0 heterocycles. The highest BCUT2D eigenvalue weighted by Gasteiger charge is 2.59. The molecule has 0 fully saturated rings. The lowest BCUT2D eigenvalue weighted by molar-refractivity contribution is -0.166. The van der Waals surface area contributed by atoms with E-state index in [1.807, 2.05) is 0 Å². The molecule has 1 aliphatic carbocycles. The Bertz CT molecular complexity index is 1030. The fraction of sp³-hybridized carbons (Fsp3) is 0.600. The van der Waals surface area contributed by atoms with Gasteiger partial charge in [-0.15, -0.1) is 0 Å². The van der Waals surface area contributed by atoms with Gasteiger partial charge in [-0.3, -0.25) is 4.79 Å². The Morgan fingerprint density at radius 2 is 1.62 bits per heavy atom. The first-order valence-corrected chi connectivity index (χ1v) is 14.9. The Labute approximate surface area is 244 Å². The van der Waals surface area contributed by atoms with Crippen LogP contribution in [0.4, 0.5) is 18.0 Å². The topological polar surface area (TPSA) is 90.7 Å². The zero-order chi connectivity index (χ0) is 29.6. The number of rotatable bonds is 17. The van der Waals surface area contributed by atoms with E-state index in [4.69, 9.17) is 10.5 Å². The van der Waals surface area contributed by atoms with E-state index in [-0.39, 0.29) is 29.9 Å². The van der Waals surface area contributed by atoms with Crippen LogP contribution in [0.1, 0.15) is 93.5 Å². The maximum Gasteiger partial charge on any atom is 0.410 e. The highest BCUT2D eigenvalue weighted by molar-refractivity contribution is 9.10. The lowest BCUT2D eigenvalue weighted by Gasteiger charge is -2.40. The third-order valence-corrected chi connectivity index (χ3v) is 8.09. The molecular formula is C30H42BrF3N2O4. The molecule has 0 saturated carbocycles. The zero-order valence-corrected chi connectivity index (χ0v) is 25.0. The van der Waals surface area contributed by atoms with Crippen molar-refractivity contribution in [2.45, 2.75) is 94.2 Å². The molecule has 0 aromatic heterocycles. The second-order valence-corrected chi connectivity index (χ2v) is 11.4. The van der Waals surface area contributed by atoms with Gasteiger partial charge in [-0.1, -0.05) is 111 Å². The smallest absolute Gasteiger partial charge is 0.410 e. The Morgan fingerprint density at radius 3 is 2.20 bits per heavy atom. The van der Waals surface area contributed by atoms with Crippen LogP contribution in [-0.4, -0.2) is 48.9 Å². The summed E-state index contributed by atoms with van der Waals surface area (Å²) in [5.41, 5.74) is 6.67. The highest BCUT2D eigenvalue weighted by Crippen LogP contribution is 2.51. The number of ether oxygens (including phenoxy) is 2. The summed E-state index contributed by atoms with van der Waals surface area (Å²) >= 11 is 2.99. The number of alkyl carbamates (subject to hydrolysis) is 1. The molecule has 0 spiro atoms. The molecule has 1 aromatic carbocycles. The van der Waals surface area contributed by atoms with Gasteiger partial charge < -0.3 is 20.5 Å². The SMILES string of the molecule is CCCCCCCCCCCCC1=CC(Br)(C(F)(F)F)C(OCCNC(=O)OC)C(c2ccccc2C(N)=O)=C1. The molecule has 0 radical (unpaired) electrons. The first kappa shape index (κ1) is 33.9. The molecule has 0 saturated heterocycles. The number of nitrogens with two attached hydrogens (primary N) is 1. The van der Waals surface area contributed by atoms with Crippen LogP contribution in [0.15, 0.2) is 42.0 Å². The van der Waals surface area contributed by atoms with Crippen molar-refractivity contribution in [3.8, 4) is 0 Å². The van der Waals surface area contributed by atoms with Crippen molar-refractivity contribution in [1.29, 1.82) is 0 Å². The van der Waals surface area contributed by atoms with Crippen LogP contribution in [0.5, 0.6) is 0 Å². The molecule has 0 bridgehead atoms. The van der Waals surface area contributed by atoms with Crippen molar-refractivity contribution >= 4 is 33.5 Å².